The van der Waals surface area contributed by atoms with Crippen LogP contribution in [0, 0.1) is 0 Å². The number of para-hydroxylation sites is 1. The molecule has 0 unspecified atom stereocenters. The van der Waals surface area contributed by atoms with E-state index in [2.05, 4.69) is 52.1 Å². The van der Waals surface area contributed by atoms with E-state index in [9.17, 15) is 0 Å². The van der Waals surface area contributed by atoms with Gasteiger partial charge in [-0.25, -0.2) is 4.98 Å². The number of pyridine rings is 1. The zero-order chi connectivity index (χ0) is 9.26. The van der Waals surface area contributed by atoms with Crippen molar-refractivity contribution < 1.29 is 0 Å². The lowest BCUT2D eigenvalue weighted by molar-refractivity contribution is 1.14. The lowest BCUT2D eigenvalue weighted by Gasteiger charge is -2.02. The Balaban J connectivity index is 2.79. The molecule has 66 valence electrons. The molecule has 0 aliphatic carbocycles. The van der Waals surface area contributed by atoms with E-state index >= 15 is 0 Å². The van der Waals surface area contributed by atoms with E-state index in [1.54, 1.807) is 0 Å². The van der Waals surface area contributed by atoms with Gasteiger partial charge in [0.15, 0.2) is 0 Å². The number of rotatable bonds is 1. The standard InChI is InChI=1S/C11H10BrN/c1-2-8-4-3-5-9-6-7-10(12)13-11(8)9/h3-7H,2H2,1H3. The monoisotopic (exact) mass is 235 g/mol. The maximum atomic E-state index is 4.46. The molecule has 0 radical (unpaired) electrons. The highest BCUT2D eigenvalue weighted by Gasteiger charge is 2.00. The third-order valence-electron chi connectivity index (χ3n) is 2.15. The number of nitrogens with zero attached hydrogens (tertiary/aromatic N) is 1. The molecule has 1 nitrogen and oxygen atoms in total. The minimum Gasteiger partial charge on any atom is -0.241 e. The zero-order valence-corrected chi connectivity index (χ0v) is 9.01. The van der Waals surface area contributed by atoms with Crippen molar-refractivity contribution in [2.45, 2.75) is 13.3 Å². The second kappa shape index (κ2) is 3.46. The van der Waals surface area contributed by atoms with Crippen LogP contribution in [0.3, 0.4) is 0 Å². The number of benzene rings is 1. The third kappa shape index (κ3) is 1.59. The number of hydrogen-bond donors (Lipinski definition) is 0. The number of hydrogen-bond acceptors (Lipinski definition) is 1. The van der Waals surface area contributed by atoms with E-state index in [0.29, 0.717) is 0 Å². The lowest BCUT2D eigenvalue weighted by Crippen LogP contribution is -1.86. The molecule has 2 aromatic rings. The predicted octanol–water partition coefficient (Wildman–Crippen LogP) is 3.56. The first-order chi connectivity index (χ1) is 6.31. The number of halogens is 1. The second-order valence-electron chi connectivity index (χ2n) is 2.98. The molecule has 0 amide bonds. The summed E-state index contributed by atoms with van der Waals surface area (Å²) in [5.41, 5.74) is 2.41. The summed E-state index contributed by atoms with van der Waals surface area (Å²) in [6, 6.07) is 10.4. The lowest BCUT2D eigenvalue weighted by atomic mass is 10.1. The van der Waals surface area contributed by atoms with Crippen molar-refractivity contribution in [1.29, 1.82) is 0 Å². The molecule has 0 spiro atoms. The van der Waals surface area contributed by atoms with Gasteiger partial charge in [0.05, 0.1) is 5.52 Å². The molecule has 1 heterocycles. The normalized spacial score (nSPS) is 10.6. The van der Waals surface area contributed by atoms with Crippen LogP contribution in [0.1, 0.15) is 12.5 Å². The number of fused-ring (bicyclic) bond motifs is 1. The maximum absolute atomic E-state index is 4.46. The first-order valence-electron chi connectivity index (χ1n) is 4.35. The van der Waals surface area contributed by atoms with Gasteiger partial charge in [-0.2, -0.15) is 0 Å². The van der Waals surface area contributed by atoms with E-state index in [1.807, 2.05) is 6.07 Å². The van der Waals surface area contributed by atoms with E-state index in [-0.39, 0.29) is 0 Å². The molecule has 13 heavy (non-hydrogen) atoms. The van der Waals surface area contributed by atoms with Gasteiger partial charge in [0.2, 0.25) is 0 Å². The average molecular weight is 236 g/mol. The molecule has 0 N–H and O–H groups in total. The summed E-state index contributed by atoms with van der Waals surface area (Å²) in [6.45, 7) is 2.15. The highest BCUT2D eigenvalue weighted by Crippen LogP contribution is 2.19. The smallest absolute Gasteiger partial charge is 0.106 e. The Kier molecular flexibility index (Phi) is 2.32. The van der Waals surface area contributed by atoms with Crippen LogP contribution in [0.15, 0.2) is 34.9 Å². The fraction of sp³-hybridized carbons (Fsp3) is 0.182. The highest BCUT2D eigenvalue weighted by atomic mass is 79.9. The molecular formula is C11H10BrN. The van der Waals surface area contributed by atoms with Gasteiger partial charge in [0.1, 0.15) is 4.60 Å². The maximum Gasteiger partial charge on any atom is 0.106 e. The summed E-state index contributed by atoms with van der Waals surface area (Å²) < 4.78 is 0.904. The molecule has 1 aromatic heterocycles. The Bertz CT molecular complexity index is 437. The predicted molar refractivity (Wildman–Crippen MR) is 58.8 cm³/mol. The summed E-state index contributed by atoms with van der Waals surface area (Å²) in [5.74, 6) is 0. The minimum atomic E-state index is 0.904. The zero-order valence-electron chi connectivity index (χ0n) is 7.42. The van der Waals surface area contributed by atoms with Crippen molar-refractivity contribution >= 4 is 26.8 Å². The van der Waals surface area contributed by atoms with Crippen LogP contribution in [0.5, 0.6) is 0 Å². The molecule has 0 atom stereocenters. The van der Waals surface area contributed by atoms with E-state index < -0.39 is 0 Å². The molecule has 2 rings (SSSR count). The average Bonchev–Trinajstić information content (AvgIpc) is 2.17. The Hall–Kier alpha value is -0.890. The third-order valence-corrected chi connectivity index (χ3v) is 2.59. The summed E-state index contributed by atoms with van der Waals surface area (Å²) in [6.07, 6.45) is 1.03. The summed E-state index contributed by atoms with van der Waals surface area (Å²) in [5, 5.41) is 1.21. The second-order valence-corrected chi connectivity index (χ2v) is 3.79. The van der Waals surface area contributed by atoms with Crippen LogP contribution in [0.25, 0.3) is 10.9 Å². The van der Waals surface area contributed by atoms with Crippen molar-refractivity contribution in [2.75, 3.05) is 0 Å². The fourth-order valence-corrected chi connectivity index (χ4v) is 1.78. The van der Waals surface area contributed by atoms with Gasteiger partial charge in [-0.05, 0) is 34.0 Å². The van der Waals surface area contributed by atoms with Crippen molar-refractivity contribution in [2.24, 2.45) is 0 Å². The first-order valence-corrected chi connectivity index (χ1v) is 5.14. The molecule has 0 aliphatic rings. The van der Waals surface area contributed by atoms with Gasteiger partial charge in [-0.1, -0.05) is 31.2 Å². The fourth-order valence-electron chi connectivity index (χ4n) is 1.47. The largest absolute Gasteiger partial charge is 0.241 e. The van der Waals surface area contributed by atoms with Gasteiger partial charge in [-0.3, -0.25) is 0 Å². The van der Waals surface area contributed by atoms with Gasteiger partial charge in [-0.15, -0.1) is 0 Å². The van der Waals surface area contributed by atoms with Gasteiger partial charge in [0, 0.05) is 5.39 Å². The summed E-state index contributed by atoms with van der Waals surface area (Å²) >= 11 is 3.38. The Morgan fingerprint density at radius 2 is 2.08 bits per heavy atom. The SMILES string of the molecule is CCc1cccc2ccc(Br)nc12. The Morgan fingerprint density at radius 1 is 1.23 bits per heavy atom. The number of aryl methyl sites for hydroxylation is 1. The van der Waals surface area contributed by atoms with Gasteiger partial charge < -0.3 is 0 Å². The van der Waals surface area contributed by atoms with Crippen molar-refractivity contribution in [3.05, 3.63) is 40.5 Å². The van der Waals surface area contributed by atoms with Crippen LogP contribution in [-0.4, -0.2) is 4.98 Å². The van der Waals surface area contributed by atoms with E-state index in [1.165, 1.54) is 10.9 Å². The first kappa shape index (κ1) is 8.70. The summed E-state index contributed by atoms with van der Waals surface area (Å²) in [4.78, 5) is 4.46. The van der Waals surface area contributed by atoms with Crippen molar-refractivity contribution in [3.63, 3.8) is 0 Å². The molecule has 1 aromatic carbocycles. The van der Waals surface area contributed by atoms with Crippen LogP contribution >= 0.6 is 15.9 Å². The molecule has 0 fully saturated rings. The van der Waals surface area contributed by atoms with E-state index in [4.69, 9.17) is 0 Å². The van der Waals surface area contributed by atoms with Crippen LogP contribution in [0.4, 0.5) is 0 Å². The number of aromatic nitrogens is 1. The molecule has 0 saturated heterocycles. The molecule has 0 saturated carbocycles. The van der Waals surface area contributed by atoms with Crippen LogP contribution in [0.2, 0.25) is 0 Å². The van der Waals surface area contributed by atoms with Crippen molar-refractivity contribution in [3.8, 4) is 0 Å². The summed E-state index contributed by atoms with van der Waals surface area (Å²) in [7, 11) is 0. The van der Waals surface area contributed by atoms with Crippen molar-refractivity contribution in [1.82, 2.24) is 4.98 Å². The quantitative estimate of drug-likeness (QED) is 0.690. The minimum absolute atomic E-state index is 0.904. The molecule has 0 bridgehead atoms. The highest BCUT2D eigenvalue weighted by molar-refractivity contribution is 9.10. The van der Waals surface area contributed by atoms with Gasteiger partial charge >= 0.3 is 0 Å². The van der Waals surface area contributed by atoms with E-state index in [0.717, 1.165) is 16.5 Å². The topological polar surface area (TPSA) is 12.9 Å². The Morgan fingerprint density at radius 3 is 2.85 bits per heavy atom. The van der Waals surface area contributed by atoms with Crippen LogP contribution < -0.4 is 0 Å². The van der Waals surface area contributed by atoms with Gasteiger partial charge in [0.25, 0.3) is 0 Å². The molecule has 2 heteroatoms. The molecule has 0 aliphatic heterocycles. The van der Waals surface area contributed by atoms with Crippen LogP contribution in [-0.2, 0) is 6.42 Å². The Labute approximate surface area is 85.9 Å². The molecular weight excluding hydrogens is 226 g/mol.